The standard InChI is InChI=1S/C21H28N4O4S/c1-4-20(26)22-21-16(3)23-29-19(21)11-8-17-6-9-18(10-7-17)30(27,28)25-14-12-24(5-2)13-15-25/h6-11H,4-5,12-15H2,1-3H3,(H,22,26)/b11-8-. The Kier molecular flexibility index (Phi) is 7.06. The van der Waals surface area contributed by atoms with Crippen LogP contribution in [0, 0.1) is 6.92 Å². The minimum Gasteiger partial charge on any atom is -0.354 e. The Labute approximate surface area is 177 Å². The van der Waals surface area contributed by atoms with Gasteiger partial charge in [0.1, 0.15) is 11.4 Å². The Hall–Kier alpha value is -2.49. The van der Waals surface area contributed by atoms with Gasteiger partial charge in [-0.3, -0.25) is 4.79 Å². The Morgan fingerprint density at radius 3 is 2.40 bits per heavy atom. The molecule has 0 atom stereocenters. The zero-order valence-electron chi connectivity index (χ0n) is 17.6. The number of likely N-dealkylation sites (N-methyl/N-ethyl adjacent to an activating group) is 1. The van der Waals surface area contributed by atoms with Gasteiger partial charge in [-0.05, 0) is 37.2 Å². The third-order valence-electron chi connectivity index (χ3n) is 5.20. The van der Waals surface area contributed by atoms with Crippen LogP contribution in [0.25, 0.3) is 12.2 Å². The molecule has 2 aromatic rings. The van der Waals surface area contributed by atoms with Gasteiger partial charge in [-0.1, -0.05) is 37.2 Å². The molecule has 1 N–H and O–H groups in total. The third-order valence-corrected chi connectivity index (χ3v) is 7.11. The zero-order chi connectivity index (χ0) is 21.7. The summed E-state index contributed by atoms with van der Waals surface area (Å²) in [5.74, 6) is 0.324. The first-order valence-corrected chi connectivity index (χ1v) is 11.6. The van der Waals surface area contributed by atoms with E-state index < -0.39 is 10.0 Å². The van der Waals surface area contributed by atoms with Gasteiger partial charge in [-0.15, -0.1) is 0 Å². The average molecular weight is 433 g/mol. The van der Waals surface area contributed by atoms with Crippen LogP contribution < -0.4 is 5.32 Å². The van der Waals surface area contributed by atoms with Gasteiger partial charge in [0.2, 0.25) is 15.9 Å². The van der Waals surface area contributed by atoms with E-state index in [9.17, 15) is 13.2 Å². The molecule has 1 amide bonds. The van der Waals surface area contributed by atoms with Gasteiger partial charge in [-0.2, -0.15) is 4.31 Å². The summed E-state index contributed by atoms with van der Waals surface area (Å²) in [5.41, 5.74) is 1.95. The van der Waals surface area contributed by atoms with Crippen LogP contribution in [0.3, 0.4) is 0 Å². The number of nitrogens with zero attached hydrogens (tertiary/aromatic N) is 3. The van der Waals surface area contributed by atoms with Crippen molar-refractivity contribution in [2.24, 2.45) is 0 Å². The summed E-state index contributed by atoms with van der Waals surface area (Å²) in [6.45, 7) is 9.07. The van der Waals surface area contributed by atoms with Crippen LogP contribution in [0.4, 0.5) is 5.69 Å². The quantitative estimate of drug-likeness (QED) is 0.723. The van der Waals surface area contributed by atoms with Gasteiger partial charge >= 0.3 is 0 Å². The monoisotopic (exact) mass is 432 g/mol. The fourth-order valence-corrected chi connectivity index (χ4v) is 4.66. The average Bonchev–Trinajstić information content (AvgIpc) is 3.11. The number of piperazine rings is 1. The SMILES string of the molecule is CCC(=O)Nc1c(C)noc1/C=C\c1ccc(S(=O)(=O)N2CCN(CC)CC2)cc1. The second-order valence-electron chi connectivity index (χ2n) is 7.15. The summed E-state index contributed by atoms with van der Waals surface area (Å²) in [7, 11) is -3.49. The molecule has 1 aromatic carbocycles. The predicted molar refractivity (Wildman–Crippen MR) is 116 cm³/mol. The lowest BCUT2D eigenvalue weighted by Crippen LogP contribution is -2.48. The van der Waals surface area contributed by atoms with Crippen LogP contribution in [0.5, 0.6) is 0 Å². The highest BCUT2D eigenvalue weighted by Gasteiger charge is 2.27. The lowest BCUT2D eigenvalue weighted by molar-refractivity contribution is -0.115. The number of carbonyl (C=O) groups is 1. The molecule has 1 saturated heterocycles. The van der Waals surface area contributed by atoms with E-state index in [0.29, 0.717) is 36.7 Å². The van der Waals surface area contributed by atoms with Crippen molar-refractivity contribution in [3.63, 3.8) is 0 Å². The Morgan fingerprint density at radius 1 is 1.13 bits per heavy atom. The number of aryl methyl sites for hydroxylation is 1. The van der Waals surface area contributed by atoms with Crippen molar-refractivity contribution in [2.75, 3.05) is 38.0 Å². The molecule has 0 unspecified atom stereocenters. The van der Waals surface area contributed by atoms with Crippen molar-refractivity contribution in [1.82, 2.24) is 14.4 Å². The number of hydrogen-bond acceptors (Lipinski definition) is 6. The molecule has 0 spiro atoms. The number of nitrogens with one attached hydrogen (secondary N) is 1. The molecule has 1 aromatic heterocycles. The minimum atomic E-state index is -3.49. The maximum Gasteiger partial charge on any atom is 0.243 e. The second-order valence-corrected chi connectivity index (χ2v) is 9.09. The molecule has 3 rings (SSSR count). The minimum absolute atomic E-state index is 0.120. The second kappa shape index (κ2) is 9.55. The van der Waals surface area contributed by atoms with Crippen LogP contribution in [-0.2, 0) is 14.8 Å². The van der Waals surface area contributed by atoms with E-state index in [-0.39, 0.29) is 10.8 Å². The molecular weight excluding hydrogens is 404 g/mol. The predicted octanol–water partition coefficient (Wildman–Crippen LogP) is 2.83. The molecule has 1 aliphatic heterocycles. The summed E-state index contributed by atoms with van der Waals surface area (Å²) < 4.78 is 32.6. The highest BCUT2D eigenvalue weighted by Crippen LogP contribution is 2.23. The smallest absolute Gasteiger partial charge is 0.243 e. The molecular formula is C21H28N4O4S. The zero-order valence-corrected chi connectivity index (χ0v) is 18.4. The van der Waals surface area contributed by atoms with Gasteiger partial charge in [0.05, 0.1) is 4.90 Å². The molecule has 0 radical (unpaired) electrons. The van der Waals surface area contributed by atoms with Crippen molar-refractivity contribution < 1.29 is 17.7 Å². The lowest BCUT2D eigenvalue weighted by atomic mass is 10.2. The van der Waals surface area contributed by atoms with Gasteiger partial charge in [-0.25, -0.2) is 8.42 Å². The molecule has 0 aliphatic carbocycles. The van der Waals surface area contributed by atoms with Crippen LogP contribution in [-0.4, -0.2) is 61.4 Å². The molecule has 0 bridgehead atoms. The van der Waals surface area contributed by atoms with Gasteiger partial charge < -0.3 is 14.7 Å². The van der Waals surface area contributed by atoms with E-state index >= 15 is 0 Å². The first-order valence-electron chi connectivity index (χ1n) is 10.1. The normalized spacial score (nSPS) is 16.2. The van der Waals surface area contributed by atoms with Gasteiger partial charge in [0.15, 0.2) is 5.76 Å². The highest BCUT2D eigenvalue weighted by molar-refractivity contribution is 7.89. The first-order chi connectivity index (χ1) is 14.3. The van der Waals surface area contributed by atoms with Crippen molar-refractivity contribution in [3.8, 4) is 0 Å². The summed E-state index contributed by atoms with van der Waals surface area (Å²) in [5, 5.41) is 6.68. The molecule has 162 valence electrons. The number of benzene rings is 1. The topological polar surface area (TPSA) is 95.8 Å². The van der Waals surface area contributed by atoms with Crippen LogP contribution in [0.15, 0.2) is 33.7 Å². The van der Waals surface area contributed by atoms with E-state index in [1.165, 1.54) is 0 Å². The van der Waals surface area contributed by atoms with Crippen molar-refractivity contribution in [1.29, 1.82) is 0 Å². The van der Waals surface area contributed by atoms with Crippen molar-refractivity contribution in [2.45, 2.75) is 32.1 Å². The fraction of sp³-hybridized carbons (Fsp3) is 0.429. The molecule has 2 heterocycles. The molecule has 9 heteroatoms. The molecule has 8 nitrogen and oxygen atoms in total. The maximum atomic E-state index is 12.9. The molecule has 1 fully saturated rings. The van der Waals surface area contributed by atoms with Gasteiger partial charge in [0.25, 0.3) is 0 Å². The number of hydrogen-bond donors (Lipinski definition) is 1. The van der Waals surface area contributed by atoms with E-state index in [1.54, 1.807) is 54.6 Å². The number of sulfonamides is 1. The van der Waals surface area contributed by atoms with Gasteiger partial charge in [0, 0.05) is 32.6 Å². The van der Waals surface area contributed by atoms with Crippen LogP contribution in [0.1, 0.15) is 37.3 Å². The Bertz CT molecular complexity index is 1000. The number of carbonyl (C=O) groups excluding carboxylic acids is 1. The summed E-state index contributed by atoms with van der Waals surface area (Å²) >= 11 is 0. The number of rotatable bonds is 7. The molecule has 30 heavy (non-hydrogen) atoms. The van der Waals surface area contributed by atoms with Crippen molar-refractivity contribution >= 4 is 33.8 Å². The largest absolute Gasteiger partial charge is 0.354 e. The number of amides is 1. The number of aromatic nitrogens is 1. The summed E-state index contributed by atoms with van der Waals surface area (Å²) in [6, 6.07) is 6.73. The summed E-state index contributed by atoms with van der Waals surface area (Å²) in [6.07, 6.45) is 3.86. The Balaban J connectivity index is 1.71. The lowest BCUT2D eigenvalue weighted by Gasteiger charge is -2.33. The van der Waals surface area contributed by atoms with Crippen LogP contribution in [0.2, 0.25) is 0 Å². The Morgan fingerprint density at radius 2 is 1.80 bits per heavy atom. The fourth-order valence-electron chi connectivity index (χ4n) is 3.24. The maximum absolute atomic E-state index is 12.9. The van der Waals surface area contributed by atoms with E-state index in [2.05, 4.69) is 22.3 Å². The van der Waals surface area contributed by atoms with Crippen LogP contribution >= 0.6 is 0 Å². The summed E-state index contributed by atoms with van der Waals surface area (Å²) in [4.78, 5) is 14.2. The van der Waals surface area contributed by atoms with E-state index in [0.717, 1.165) is 25.2 Å². The molecule has 1 aliphatic rings. The van der Waals surface area contributed by atoms with Crippen molar-refractivity contribution in [3.05, 3.63) is 41.3 Å². The van der Waals surface area contributed by atoms with E-state index in [4.69, 9.17) is 4.52 Å². The molecule has 0 saturated carbocycles. The third kappa shape index (κ3) is 4.97. The first kappa shape index (κ1) is 22.2. The van der Waals surface area contributed by atoms with E-state index in [1.807, 2.05) is 0 Å². The highest BCUT2D eigenvalue weighted by atomic mass is 32.2. The number of anilines is 1.